The molecule has 0 radical (unpaired) electrons. The molecule has 0 bridgehead atoms. The third-order valence-corrected chi connectivity index (χ3v) is 7.92. The maximum absolute atomic E-state index is 6.00. The van der Waals surface area contributed by atoms with Crippen LogP contribution in [0, 0.1) is 5.92 Å². The van der Waals surface area contributed by atoms with Crippen LogP contribution < -0.4 is 0 Å². The number of ether oxygens (including phenoxy) is 1. The highest BCUT2D eigenvalue weighted by Crippen LogP contribution is 2.29. The highest BCUT2D eigenvalue weighted by molar-refractivity contribution is 5.73. The lowest BCUT2D eigenvalue weighted by Gasteiger charge is -2.38. The first-order valence-corrected chi connectivity index (χ1v) is 12.7. The summed E-state index contributed by atoms with van der Waals surface area (Å²) in [5.74, 6) is 0.754. The Hall–Kier alpha value is -2.28. The van der Waals surface area contributed by atoms with Crippen molar-refractivity contribution in [2.45, 2.75) is 57.2 Å². The molecular formula is C27H34N4O2. The second-order valence-electron chi connectivity index (χ2n) is 10.2. The van der Waals surface area contributed by atoms with Crippen LogP contribution in [0.2, 0.25) is 0 Å². The van der Waals surface area contributed by atoms with Crippen LogP contribution in [0.4, 0.5) is 0 Å². The molecule has 6 rings (SSSR count). The average molecular weight is 447 g/mol. The normalized spacial score (nSPS) is 22.5. The molecule has 2 aromatic carbocycles. The maximum atomic E-state index is 6.00. The van der Waals surface area contributed by atoms with Crippen molar-refractivity contribution in [3.8, 4) is 0 Å². The molecule has 174 valence electrons. The summed E-state index contributed by atoms with van der Waals surface area (Å²) >= 11 is 0. The van der Waals surface area contributed by atoms with Crippen LogP contribution in [0.5, 0.6) is 0 Å². The molecule has 0 unspecified atom stereocenters. The van der Waals surface area contributed by atoms with Crippen molar-refractivity contribution in [1.29, 1.82) is 0 Å². The van der Waals surface area contributed by atoms with Crippen LogP contribution in [-0.2, 0) is 24.1 Å². The Balaban J connectivity index is 1.07. The topological polar surface area (TPSA) is 54.6 Å². The van der Waals surface area contributed by atoms with Gasteiger partial charge in [0, 0.05) is 32.3 Å². The van der Waals surface area contributed by atoms with Gasteiger partial charge in [-0.1, -0.05) is 30.3 Å². The molecule has 2 fully saturated rings. The summed E-state index contributed by atoms with van der Waals surface area (Å²) in [6.07, 6.45) is 7.79. The molecule has 1 aliphatic carbocycles. The smallest absolute Gasteiger partial charge is 0.135 e. The lowest BCUT2D eigenvalue weighted by molar-refractivity contribution is 0.0542. The van der Waals surface area contributed by atoms with E-state index in [2.05, 4.69) is 56.5 Å². The number of nitrogens with zero attached hydrogens (tertiary/aromatic N) is 4. The third-order valence-electron chi connectivity index (χ3n) is 7.92. The van der Waals surface area contributed by atoms with Crippen molar-refractivity contribution in [2.24, 2.45) is 5.92 Å². The minimum Gasteiger partial charge on any atom is -0.377 e. The quantitative estimate of drug-likeness (QED) is 0.545. The number of hydrogen-bond acceptors (Lipinski definition) is 6. The SMILES string of the molecule is c1ccc2c(c1)CC(N1CCC(CN(Cc3ccc4nonc4c3)C[C@@H]3CCCO3)CC1)C2. The van der Waals surface area contributed by atoms with Gasteiger partial charge in [-0.3, -0.25) is 9.80 Å². The van der Waals surface area contributed by atoms with E-state index in [0.717, 1.165) is 43.2 Å². The van der Waals surface area contributed by atoms with Gasteiger partial charge in [0.1, 0.15) is 11.0 Å². The van der Waals surface area contributed by atoms with Gasteiger partial charge in [0.25, 0.3) is 0 Å². The number of benzene rings is 2. The lowest BCUT2D eigenvalue weighted by Crippen LogP contribution is -2.44. The van der Waals surface area contributed by atoms with E-state index in [-0.39, 0.29) is 0 Å². The predicted octanol–water partition coefficient (Wildman–Crippen LogP) is 4.08. The molecule has 3 heterocycles. The molecule has 2 saturated heterocycles. The standard InChI is InChI=1S/C27H34N4O2/c1-2-5-23-16-24(15-22(23)4-1)31-11-9-20(10-12-31)17-30(19-25-6-3-13-32-25)18-21-7-8-26-27(14-21)29-33-28-26/h1-2,4-5,7-8,14,20,24-25H,3,6,9-13,15-19H2/t25-/m0/s1. The Morgan fingerprint density at radius 3 is 2.45 bits per heavy atom. The molecule has 2 aliphatic heterocycles. The van der Waals surface area contributed by atoms with Crippen molar-refractivity contribution in [3.05, 3.63) is 59.2 Å². The summed E-state index contributed by atoms with van der Waals surface area (Å²) in [6.45, 7) is 6.47. The molecule has 0 N–H and O–H groups in total. The van der Waals surface area contributed by atoms with Crippen LogP contribution in [0.15, 0.2) is 47.1 Å². The van der Waals surface area contributed by atoms with E-state index in [1.54, 1.807) is 11.1 Å². The largest absolute Gasteiger partial charge is 0.377 e. The van der Waals surface area contributed by atoms with Gasteiger partial charge >= 0.3 is 0 Å². The fraction of sp³-hybridized carbons (Fsp3) is 0.556. The Labute approximate surface area is 195 Å². The summed E-state index contributed by atoms with van der Waals surface area (Å²) in [7, 11) is 0. The highest BCUT2D eigenvalue weighted by atomic mass is 16.6. The van der Waals surface area contributed by atoms with Gasteiger partial charge in [-0.05, 0) is 96.7 Å². The molecule has 6 nitrogen and oxygen atoms in total. The Kier molecular flexibility index (Phi) is 6.14. The van der Waals surface area contributed by atoms with Crippen LogP contribution >= 0.6 is 0 Å². The molecule has 0 spiro atoms. The molecule has 3 aliphatic rings. The third kappa shape index (κ3) is 4.84. The molecule has 1 atom stereocenters. The molecular weight excluding hydrogens is 412 g/mol. The Bertz CT molecular complexity index is 1040. The Morgan fingerprint density at radius 1 is 0.909 bits per heavy atom. The van der Waals surface area contributed by atoms with Gasteiger partial charge in [0.05, 0.1) is 6.10 Å². The molecule has 0 amide bonds. The molecule has 33 heavy (non-hydrogen) atoms. The van der Waals surface area contributed by atoms with Crippen LogP contribution in [0.25, 0.3) is 11.0 Å². The summed E-state index contributed by atoms with van der Waals surface area (Å²) in [6, 6.07) is 16.0. The van der Waals surface area contributed by atoms with E-state index in [1.165, 1.54) is 57.2 Å². The second kappa shape index (κ2) is 9.53. The summed E-state index contributed by atoms with van der Waals surface area (Å²) in [5, 5.41) is 7.98. The van der Waals surface area contributed by atoms with E-state index < -0.39 is 0 Å². The van der Waals surface area contributed by atoms with Gasteiger partial charge in [0.15, 0.2) is 0 Å². The number of likely N-dealkylation sites (tertiary alicyclic amines) is 1. The van der Waals surface area contributed by atoms with Crippen molar-refractivity contribution in [1.82, 2.24) is 20.1 Å². The fourth-order valence-electron chi connectivity index (χ4n) is 6.12. The van der Waals surface area contributed by atoms with E-state index >= 15 is 0 Å². The maximum Gasteiger partial charge on any atom is 0.135 e. The van der Waals surface area contributed by atoms with Gasteiger partial charge in [-0.25, -0.2) is 4.63 Å². The predicted molar refractivity (Wildman–Crippen MR) is 128 cm³/mol. The molecule has 0 saturated carbocycles. The number of aromatic nitrogens is 2. The second-order valence-corrected chi connectivity index (χ2v) is 10.2. The van der Waals surface area contributed by atoms with E-state index in [4.69, 9.17) is 9.37 Å². The molecule has 6 heteroatoms. The van der Waals surface area contributed by atoms with E-state index in [1.807, 2.05) is 6.07 Å². The van der Waals surface area contributed by atoms with Gasteiger partial charge in [-0.2, -0.15) is 0 Å². The van der Waals surface area contributed by atoms with Crippen molar-refractivity contribution in [2.75, 3.05) is 32.8 Å². The van der Waals surface area contributed by atoms with Gasteiger partial charge < -0.3 is 4.74 Å². The van der Waals surface area contributed by atoms with Crippen LogP contribution in [0.1, 0.15) is 42.4 Å². The average Bonchev–Trinajstić information content (AvgIpc) is 3.60. The van der Waals surface area contributed by atoms with Gasteiger partial charge in [-0.15, -0.1) is 0 Å². The zero-order valence-electron chi connectivity index (χ0n) is 19.4. The first kappa shape index (κ1) is 21.3. The van der Waals surface area contributed by atoms with E-state index in [0.29, 0.717) is 12.1 Å². The molecule has 1 aromatic heterocycles. The minimum absolute atomic E-state index is 0.375. The zero-order chi connectivity index (χ0) is 22.0. The fourth-order valence-corrected chi connectivity index (χ4v) is 6.12. The summed E-state index contributed by atoms with van der Waals surface area (Å²) in [5.41, 5.74) is 6.07. The van der Waals surface area contributed by atoms with Gasteiger partial charge in [0.2, 0.25) is 0 Å². The Morgan fingerprint density at radius 2 is 1.70 bits per heavy atom. The first-order valence-electron chi connectivity index (χ1n) is 12.7. The van der Waals surface area contributed by atoms with Crippen molar-refractivity contribution >= 4 is 11.0 Å². The number of rotatable bonds is 7. The van der Waals surface area contributed by atoms with E-state index in [9.17, 15) is 0 Å². The molecule has 3 aromatic rings. The minimum atomic E-state index is 0.375. The lowest BCUT2D eigenvalue weighted by atomic mass is 9.94. The van der Waals surface area contributed by atoms with Crippen LogP contribution in [0.3, 0.4) is 0 Å². The van der Waals surface area contributed by atoms with Crippen molar-refractivity contribution in [3.63, 3.8) is 0 Å². The van der Waals surface area contributed by atoms with Crippen molar-refractivity contribution < 1.29 is 9.37 Å². The number of fused-ring (bicyclic) bond motifs is 2. The monoisotopic (exact) mass is 446 g/mol. The van der Waals surface area contributed by atoms with Crippen LogP contribution in [-0.4, -0.2) is 65.0 Å². The number of hydrogen-bond donors (Lipinski definition) is 0. The number of piperidine rings is 1. The summed E-state index contributed by atoms with van der Waals surface area (Å²) < 4.78 is 10.9. The summed E-state index contributed by atoms with van der Waals surface area (Å²) in [4.78, 5) is 5.38. The zero-order valence-corrected chi connectivity index (χ0v) is 19.4. The highest BCUT2D eigenvalue weighted by Gasteiger charge is 2.31. The first-order chi connectivity index (χ1) is 16.3.